The van der Waals surface area contributed by atoms with Gasteiger partial charge in [-0.25, -0.2) is 33.6 Å². The lowest BCUT2D eigenvalue weighted by Crippen LogP contribution is -2.34. The van der Waals surface area contributed by atoms with Crippen LogP contribution in [0, 0.1) is 45.3 Å². The molecule has 798 valence electrons. The number of fused-ring (bicyclic) bond motifs is 7. The van der Waals surface area contributed by atoms with E-state index in [4.69, 9.17) is 97.2 Å². The molecule has 3 fully saturated rings. The van der Waals surface area contributed by atoms with E-state index in [1.165, 1.54) is 82.2 Å². The minimum Gasteiger partial charge on any atom is -0.463 e. The van der Waals surface area contributed by atoms with Gasteiger partial charge in [-0.05, 0) is 122 Å². The SMILES string of the molecule is CC(C)(C)C(=O)OCOC(=O)c1cc2occc2[nH]1.CC(C)C(OC(=O)c1cc2occc2[nH]1)OC(=O)C(C)(C)C.CC(OC(=O)c1cc2occc2[nH]1)OC(=O)C(C)(C)C.CC(OC(=O)c1cc2occc2[nH]1)OC(=O)C1CCCCC1.CCC(OC(=O)c1cc2occc2[nH]1)OC(=O)C(C)(C)C.CCC(OC(=O)c1cc2occc2[nH]1)OC(=O)C1CCCCC1.O=C(OCOC(=O)C1CCCCC1)c1cc2occc2[nH]1. The number of carbonyl (C=O) groups is 14. The molecule has 7 N–H and O–H groups in total. The Hall–Kier alpha value is -15.7. The monoisotopic (exact) mass is 2060 g/mol. The van der Waals surface area contributed by atoms with Crippen LogP contribution in [-0.4, -0.2) is 163 Å². The van der Waals surface area contributed by atoms with Crippen molar-refractivity contribution in [2.24, 2.45) is 45.3 Å². The number of hydrogen-bond donors (Lipinski definition) is 7. The molecule has 0 radical (unpaired) electrons. The predicted molar refractivity (Wildman–Crippen MR) is 527 cm³/mol. The van der Waals surface area contributed by atoms with E-state index in [1.807, 2.05) is 20.8 Å². The van der Waals surface area contributed by atoms with Gasteiger partial charge in [-0.3, -0.25) is 33.6 Å². The van der Waals surface area contributed by atoms with Crippen LogP contribution in [0.25, 0.3) is 77.7 Å². The average molecular weight is 2060 g/mol. The highest BCUT2D eigenvalue weighted by atomic mass is 16.7. The minimum atomic E-state index is -0.955. The number of hydrogen-bond acceptors (Lipinski definition) is 35. The quantitative estimate of drug-likeness (QED) is 0.0143. The van der Waals surface area contributed by atoms with Gasteiger partial charge in [0.2, 0.25) is 45.0 Å². The maximum Gasteiger partial charge on any atom is 0.357 e. The van der Waals surface area contributed by atoms with Crippen molar-refractivity contribution in [1.82, 2.24) is 34.9 Å². The average Bonchev–Trinajstić information content (AvgIpc) is 1.67. The van der Waals surface area contributed by atoms with E-state index < -0.39 is 126 Å². The first-order chi connectivity index (χ1) is 70.2. The Labute approximate surface area is 849 Å². The predicted octanol–water partition coefficient (Wildman–Crippen LogP) is 22.2. The van der Waals surface area contributed by atoms with Gasteiger partial charge in [0.25, 0.3) is 0 Å². The molecule has 3 saturated carbocycles. The molecule has 42 nitrogen and oxygen atoms in total. The molecule has 0 aromatic carbocycles. The lowest BCUT2D eigenvalue weighted by atomic mass is 9.89. The van der Waals surface area contributed by atoms with E-state index in [-0.39, 0.29) is 88.2 Å². The third kappa shape index (κ3) is 32.7. The smallest absolute Gasteiger partial charge is 0.357 e. The van der Waals surface area contributed by atoms with Gasteiger partial charge in [0.1, 0.15) is 39.9 Å². The molecular weight excluding hydrogens is 1930 g/mol. The van der Waals surface area contributed by atoms with Crippen LogP contribution in [0.1, 0.15) is 307 Å². The summed E-state index contributed by atoms with van der Waals surface area (Å²) in [7, 11) is 0. The van der Waals surface area contributed by atoms with Crippen molar-refractivity contribution >= 4 is 161 Å². The van der Waals surface area contributed by atoms with Gasteiger partial charge >= 0.3 is 83.6 Å². The van der Waals surface area contributed by atoms with Crippen molar-refractivity contribution in [3.8, 4) is 0 Å². The van der Waals surface area contributed by atoms with Crippen molar-refractivity contribution < 1.29 is 164 Å². The van der Waals surface area contributed by atoms with E-state index in [9.17, 15) is 67.1 Å². The molecule has 42 heteroatoms. The van der Waals surface area contributed by atoms with Crippen LogP contribution in [0.4, 0.5) is 0 Å². The molecule has 0 saturated heterocycles. The summed E-state index contributed by atoms with van der Waals surface area (Å²) in [4.78, 5) is 187. The Morgan fingerprint density at radius 3 is 0.797 bits per heavy atom. The van der Waals surface area contributed by atoms with Crippen molar-refractivity contribution in [2.45, 2.75) is 265 Å². The third-order valence-corrected chi connectivity index (χ3v) is 23.0. The summed E-state index contributed by atoms with van der Waals surface area (Å²) in [5.74, 6) is -6.94. The Kier molecular flexibility index (Phi) is 39.1. The Morgan fingerprint density at radius 2 is 0.514 bits per heavy atom. The first-order valence-electron chi connectivity index (χ1n) is 48.9. The number of aromatic nitrogens is 7. The second kappa shape index (κ2) is 51.4. The van der Waals surface area contributed by atoms with Crippen LogP contribution in [0.2, 0.25) is 0 Å². The number of aromatic amines is 7. The second-order valence-electron chi connectivity index (χ2n) is 39.7. The second-order valence-corrected chi connectivity index (χ2v) is 39.7. The van der Waals surface area contributed by atoms with E-state index in [2.05, 4.69) is 34.9 Å². The third-order valence-electron chi connectivity index (χ3n) is 23.0. The van der Waals surface area contributed by atoms with Gasteiger partial charge in [-0.2, -0.15) is 0 Å². The molecule has 14 aromatic rings. The highest BCUT2D eigenvalue weighted by Crippen LogP contribution is 2.33. The van der Waals surface area contributed by atoms with Crippen LogP contribution in [0.15, 0.2) is 160 Å². The molecule has 17 rings (SSSR count). The molecule has 0 amide bonds. The van der Waals surface area contributed by atoms with E-state index in [1.54, 1.807) is 170 Å². The number of furan rings is 7. The maximum atomic E-state index is 12.2. The lowest BCUT2D eigenvalue weighted by molar-refractivity contribution is -0.185. The summed E-state index contributed by atoms with van der Waals surface area (Å²) in [5.41, 5.74) is 8.30. The number of ether oxygens (including phenoxy) is 14. The first-order valence-corrected chi connectivity index (χ1v) is 48.9. The van der Waals surface area contributed by atoms with Gasteiger partial charge in [0.15, 0.2) is 39.1 Å². The van der Waals surface area contributed by atoms with Gasteiger partial charge < -0.3 is 132 Å². The summed E-state index contributed by atoms with van der Waals surface area (Å²) in [6.07, 6.45) is 21.9. The largest absolute Gasteiger partial charge is 0.463 e. The standard InChI is InChI=1S/C17H21NO5.C16H19NO5.C16H21NO5.C15H17NO5.C15H19NO5.C14H17NO5.C13H15NO5/c1-2-15(22-16(19)11-6-4-3-5-7-11)23-17(20)13-10-14-12(18-13)8-9-21-14;1-10(21-15(18)11-5-3-2-4-6-11)22-16(19)13-9-14-12(17-13)7-8-20-14;1-9(2)14(22-15(19)16(3,4)5)21-13(18)11-8-12-10(17-11)6-7-20-12;17-14(10-4-2-1-3-5-10)20-9-21-15(18)12-8-13-11(16-12)6-7-19-13;1-5-12(21-14(18)15(2,3)4)20-13(17)10-8-11-9(16-10)6-7-19-11;1-8(20-13(17)14(2,3)4)19-12(16)10-7-11-9(15-10)5-6-18-11;1-13(2,3)12(16)19-7-18-11(15)9-6-10-8(14-9)4-5-17-10/h8-11,15,18H,2-7H2,1H3;7-11,17H,2-6H2,1H3;6-9,14,17H,1-5H3;6-8,10,16H,1-5,9H2;6-8,12,16H,5H2,1-4H3;5-8,15H,1-4H3;4-6,14H,7H2,1-3H3. The minimum absolute atomic E-state index is 0.0507. The highest BCUT2D eigenvalue weighted by molar-refractivity contribution is 5.98. The zero-order chi connectivity index (χ0) is 107. The van der Waals surface area contributed by atoms with Crippen molar-refractivity contribution in [3.63, 3.8) is 0 Å². The van der Waals surface area contributed by atoms with Crippen LogP contribution in [0.5, 0.6) is 0 Å². The van der Waals surface area contributed by atoms with E-state index >= 15 is 0 Å². The zero-order valence-corrected chi connectivity index (χ0v) is 86.0. The fourth-order valence-corrected chi connectivity index (χ4v) is 14.6. The van der Waals surface area contributed by atoms with Crippen LogP contribution < -0.4 is 0 Å². The normalized spacial score (nSPS) is 14.6. The first kappa shape index (κ1) is 113. The Morgan fingerprint density at radius 1 is 0.270 bits per heavy atom. The van der Waals surface area contributed by atoms with Gasteiger partial charge in [-0.1, -0.05) is 85.5 Å². The summed E-state index contributed by atoms with van der Waals surface area (Å²) in [6.45, 7) is 30.3. The summed E-state index contributed by atoms with van der Waals surface area (Å²) < 4.78 is 108. The molecule has 0 spiro atoms. The molecule has 0 aliphatic heterocycles. The van der Waals surface area contributed by atoms with Crippen molar-refractivity contribution in [2.75, 3.05) is 13.6 Å². The fourth-order valence-electron chi connectivity index (χ4n) is 14.6. The van der Waals surface area contributed by atoms with E-state index in [0.717, 1.165) is 93.6 Å². The highest BCUT2D eigenvalue weighted by Gasteiger charge is 2.36. The van der Waals surface area contributed by atoms with Gasteiger partial charge in [0, 0.05) is 118 Å². The number of carbonyl (C=O) groups excluding carboxylic acids is 14. The zero-order valence-electron chi connectivity index (χ0n) is 86.0. The topological polar surface area (TPSA) is 571 Å². The summed E-state index contributed by atoms with van der Waals surface area (Å²) in [6, 6.07) is 22.9. The molecule has 14 aromatic heterocycles. The number of nitrogens with one attached hydrogen (secondary N) is 7. The van der Waals surface area contributed by atoms with Gasteiger partial charge in [-0.15, -0.1) is 0 Å². The van der Waals surface area contributed by atoms with Gasteiger partial charge in [0.05, 0.1) is 122 Å². The maximum absolute atomic E-state index is 12.2. The van der Waals surface area contributed by atoms with Crippen LogP contribution in [0.3, 0.4) is 0 Å². The van der Waals surface area contributed by atoms with Crippen LogP contribution in [-0.2, 0) is 99.9 Å². The molecule has 5 unspecified atom stereocenters. The summed E-state index contributed by atoms with van der Waals surface area (Å²) in [5, 5.41) is 0. The molecule has 0 bridgehead atoms. The lowest BCUT2D eigenvalue weighted by Gasteiger charge is -2.25. The Balaban J connectivity index is 0.000000164. The molecule has 14 heterocycles. The molecule has 5 atom stereocenters. The Bertz CT molecular complexity index is 6590. The molecule has 148 heavy (non-hydrogen) atoms. The number of rotatable bonds is 27. The molecule has 3 aliphatic rings. The number of H-pyrrole nitrogens is 7. The number of esters is 14. The van der Waals surface area contributed by atoms with E-state index in [0.29, 0.717) is 74.0 Å². The van der Waals surface area contributed by atoms with Crippen molar-refractivity contribution in [3.05, 3.63) is 169 Å². The summed E-state index contributed by atoms with van der Waals surface area (Å²) >= 11 is 0. The van der Waals surface area contributed by atoms with Crippen LogP contribution >= 0.6 is 0 Å². The fraction of sp³-hybridized carbons (Fsp3) is 0.472. The molecule has 3 aliphatic carbocycles. The van der Waals surface area contributed by atoms with Crippen molar-refractivity contribution in [1.29, 1.82) is 0 Å². The molecular formula is C106H129N7O35.